The Labute approximate surface area is 184 Å². The van der Waals surface area contributed by atoms with Gasteiger partial charge in [-0.15, -0.1) is 0 Å². The van der Waals surface area contributed by atoms with E-state index in [1.54, 1.807) is 54.6 Å². The fourth-order valence-corrected chi connectivity index (χ4v) is 4.35. The topological polar surface area (TPSA) is 66.5 Å². The van der Waals surface area contributed by atoms with E-state index in [1.807, 2.05) is 12.1 Å². The summed E-state index contributed by atoms with van der Waals surface area (Å²) in [5.74, 6) is -0.257. The molecule has 0 heterocycles. The summed E-state index contributed by atoms with van der Waals surface area (Å²) in [5.41, 5.74) is 3.14. The second kappa shape index (κ2) is 8.94. The van der Waals surface area contributed by atoms with Crippen LogP contribution in [0.25, 0.3) is 0 Å². The monoisotopic (exact) mass is 436 g/mol. The minimum absolute atomic E-state index is 0.0777. The van der Waals surface area contributed by atoms with E-state index in [0.29, 0.717) is 17.8 Å². The summed E-state index contributed by atoms with van der Waals surface area (Å²) in [6.45, 7) is 6.87. The minimum atomic E-state index is -3.70. The molecule has 0 aliphatic carbocycles. The highest BCUT2D eigenvalue weighted by Gasteiger charge is 2.21. The van der Waals surface area contributed by atoms with Crippen LogP contribution in [0.5, 0.6) is 0 Å². The van der Waals surface area contributed by atoms with Crippen LogP contribution in [0.4, 0.5) is 5.69 Å². The Morgan fingerprint density at radius 2 is 1.55 bits per heavy atom. The van der Waals surface area contributed by atoms with E-state index in [9.17, 15) is 13.2 Å². The standard InChI is InChI=1S/C25H28N2O3S/c1-25(2,3)21-15-13-19(14-16-21)18-26-24(28)20-9-8-10-22(17-20)27(4)31(29,30)23-11-6-5-7-12-23/h5-17H,18H2,1-4H3,(H,26,28). The smallest absolute Gasteiger partial charge is 0.264 e. The summed E-state index contributed by atoms with van der Waals surface area (Å²) < 4.78 is 26.9. The molecule has 0 aliphatic heterocycles. The van der Waals surface area contributed by atoms with Crippen molar-refractivity contribution in [3.05, 3.63) is 95.6 Å². The molecule has 6 heteroatoms. The molecule has 3 rings (SSSR count). The molecule has 0 aliphatic rings. The quantitative estimate of drug-likeness (QED) is 0.607. The second-order valence-corrected chi connectivity index (χ2v) is 10.4. The van der Waals surface area contributed by atoms with Gasteiger partial charge in [0.2, 0.25) is 0 Å². The lowest BCUT2D eigenvalue weighted by Gasteiger charge is -2.20. The van der Waals surface area contributed by atoms with Crippen LogP contribution >= 0.6 is 0 Å². The van der Waals surface area contributed by atoms with Crippen molar-refractivity contribution in [3.8, 4) is 0 Å². The van der Waals surface area contributed by atoms with Crippen LogP contribution < -0.4 is 9.62 Å². The summed E-state index contributed by atoms with van der Waals surface area (Å²) in [7, 11) is -2.22. The van der Waals surface area contributed by atoms with E-state index in [0.717, 1.165) is 5.56 Å². The molecule has 0 radical (unpaired) electrons. The number of sulfonamides is 1. The van der Waals surface area contributed by atoms with Gasteiger partial charge in [0.05, 0.1) is 10.6 Å². The third kappa shape index (κ3) is 5.33. The van der Waals surface area contributed by atoms with Gasteiger partial charge >= 0.3 is 0 Å². The van der Waals surface area contributed by atoms with Crippen LogP contribution in [-0.2, 0) is 22.0 Å². The van der Waals surface area contributed by atoms with Crippen LogP contribution in [0, 0.1) is 0 Å². The van der Waals surface area contributed by atoms with Gasteiger partial charge in [-0.2, -0.15) is 0 Å². The second-order valence-electron chi connectivity index (χ2n) is 8.47. The lowest BCUT2D eigenvalue weighted by atomic mass is 9.87. The highest BCUT2D eigenvalue weighted by atomic mass is 32.2. The average Bonchev–Trinajstić information content (AvgIpc) is 2.77. The van der Waals surface area contributed by atoms with Crippen molar-refractivity contribution in [2.45, 2.75) is 37.6 Å². The van der Waals surface area contributed by atoms with Gasteiger partial charge in [-0.1, -0.05) is 69.3 Å². The molecule has 1 N–H and O–H groups in total. The molecule has 31 heavy (non-hydrogen) atoms. The number of nitrogens with one attached hydrogen (secondary N) is 1. The number of anilines is 1. The third-order valence-electron chi connectivity index (χ3n) is 5.15. The molecular weight excluding hydrogens is 408 g/mol. The van der Waals surface area contributed by atoms with Gasteiger partial charge in [0.25, 0.3) is 15.9 Å². The summed E-state index contributed by atoms with van der Waals surface area (Å²) >= 11 is 0. The van der Waals surface area contributed by atoms with Gasteiger partial charge < -0.3 is 5.32 Å². The van der Waals surface area contributed by atoms with E-state index < -0.39 is 10.0 Å². The summed E-state index contributed by atoms with van der Waals surface area (Å²) in [6.07, 6.45) is 0. The van der Waals surface area contributed by atoms with E-state index in [-0.39, 0.29) is 16.2 Å². The maximum Gasteiger partial charge on any atom is 0.264 e. The summed E-state index contributed by atoms with van der Waals surface area (Å²) in [6, 6.07) is 23.0. The Balaban J connectivity index is 1.71. The van der Waals surface area contributed by atoms with Crippen molar-refractivity contribution in [2.75, 3.05) is 11.4 Å². The largest absolute Gasteiger partial charge is 0.348 e. The van der Waals surface area contributed by atoms with Crippen LogP contribution in [0.1, 0.15) is 42.3 Å². The molecule has 5 nitrogen and oxygen atoms in total. The van der Waals surface area contributed by atoms with Gasteiger partial charge in [0.1, 0.15) is 0 Å². The highest BCUT2D eigenvalue weighted by Crippen LogP contribution is 2.24. The van der Waals surface area contributed by atoms with Crippen molar-refractivity contribution in [1.29, 1.82) is 0 Å². The molecule has 0 unspecified atom stereocenters. The molecule has 0 fully saturated rings. The van der Waals surface area contributed by atoms with Crippen molar-refractivity contribution >= 4 is 21.6 Å². The van der Waals surface area contributed by atoms with Crippen molar-refractivity contribution in [2.24, 2.45) is 0 Å². The number of hydrogen-bond donors (Lipinski definition) is 1. The highest BCUT2D eigenvalue weighted by molar-refractivity contribution is 7.92. The van der Waals surface area contributed by atoms with E-state index in [2.05, 4.69) is 38.2 Å². The fraction of sp³-hybridized carbons (Fsp3) is 0.240. The molecule has 3 aromatic rings. The molecule has 0 saturated heterocycles. The number of amides is 1. The first-order valence-corrected chi connectivity index (χ1v) is 11.5. The maximum absolute atomic E-state index is 12.8. The molecule has 3 aromatic carbocycles. The average molecular weight is 437 g/mol. The summed E-state index contributed by atoms with van der Waals surface area (Å²) in [5, 5.41) is 2.90. The first kappa shape index (κ1) is 22.6. The molecular formula is C25H28N2O3S. The Hall–Kier alpha value is -3.12. The van der Waals surface area contributed by atoms with Gasteiger partial charge in [-0.05, 0) is 46.9 Å². The molecule has 0 aromatic heterocycles. The Bertz CT molecular complexity index is 1150. The Kier molecular flexibility index (Phi) is 6.51. The third-order valence-corrected chi connectivity index (χ3v) is 6.95. The van der Waals surface area contributed by atoms with Crippen LogP contribution in [0.2, 0.25) is 0 Å². The van der Waals surface area contributed by atoms with Crippen LogP contribution in [0.15, 0.2) is 83.8 Å². The number of carbonyl (C=O) groups excluding carboxylic acids is 1. The van der Waals surface area contributed by atoms with Crippen LogP contribution in [-0.4, -0.2) is 21.4 Å². The molecule has 0 atom stereocenters. The zero-order valence-corrected chi connectivity index (χ0v) is 19.1. The molecule has 0 saturated carbocycles. The Morgan fingerprint density at radius 1 is 0.903 bits per heavy atom. The number of carbonyl (C=O) groups is 1. The van der Waals surface area contributed by atoms with E-state index in [1.165, 1.54) is 16.9 Å². The van der Waals surface area contributed by atoms with Gasteiger partial charge in [0.15, 0.2) is 0 Å². The van der Waals surface area contributed by atoms with Crippen molar-refractivity contribution in [3.63, 3.8) is 0 Å². The first-order valence-electron chi connectivity index (χ1n) is 10.1. The minimum Gasteiger partial charge on any atom is -0.348 e. The predicted octanol–water partition coefficient (Wildman–Crippen LogP) is 4.74. The van der Waals surface area contributed by atoms with Crippen LogP contribution in [0.3, 0.4) is 0 Å². The van der Waals surface area contributed by atoms with Gasteiger partial charge in [0, 0.05) is 19.2 Å². The number of rotatable bonds is 6. The lowest BCUT2D eigenvalue weighted by Crippen LogP contribution is -2.27. The predicted molar refractivity (Wildman–Crippen MR) is 125 cm³/mol. The first-order chi connectivity index (χ1) is 14.6. The van der Waals surface area contributed by atoms with Crippen molar-refractivity contribution in [1.82, 2.24) is 5.32 Å². The SMILES string of the molecule is CN(c1cccc(C(=O)NCc2ccc(C(C)(C)C)cc2)c1)S(=O)(=O)c1ccccc1. The summed E-state index contributed by atoms with van der Waals surface area (Å²) in [4.78, 5) is 12.9. The lowest BCUT2D eigenvalue weighted by molar-refractivity contribution is 0.0951. The van der Waals surface area contributed by atoms with Gasteiger partial charge in [-0.25, -0.2) is 8.42 Å². The zero-order valence-electron chi connectivity index (χ0n) is 18.3. The number of hydrogen-bond acceptors (Lipinski definition) is 3. The number of benzene rings is 3. The Morgan fingerprint density at radius 3 is 2.16 bits per heavy atom. The molecule has 162 valence electrons. The molecule has 0 spiro atoms. The van der Waals surface area contributed by atoms with Crippen molar-refractivity contribution < 1.29 is 13.2 Å². The molecule has 0 bridgehead atoms. The maximum atomic E-state index is 12.8. The van der Waals surface area contributed by atoms with E-state index in [4.69, 9.17) is 0 Å². The fourth-order valence-electron chi connectivity index (χ4n) is 3.14. The zero-order chi connectivity index (χ0) is 22.6. The van der Waals surface area contributed by atoms with Gasteiger partial charge in [-0.3, -0.25) is 9.10 Å². The number of nitrogens with zero attached hydrogens (tertiary/aromatic N) is 1. The molecule has 1 amide bonds. The van der Waals surface area contributed by atoms with E-state index >= 15 is 0 Å². The normalized spacial score (nSPS) is 11.7.